The Labute approximate surface area is 368 Å². The first-order chi connectivity index (χ1) is 31.3. The molecule has 2 heterocycles. The molecule has 2 aromatic heterocycles. The van der Waals surface area contributed by atoms with Crippen molar-refractivity contribution < 1.29 is 0 Å². The van der Waals surface area contributed by atoms with Crippen LogP contribution in [-0.2, 0) is 0 Å². The van der Waals surface area contributed by atoms with E-state index >= 15 is 0 Å². The standard InChI is InChI=1S/C60H42N2Si/c1-5-21-43(22-6-1)49-29-13-14-30-50(49)44-39-41-45(42-40-44)61-55-35-17-15-31-51(55)53-33-19-37-57(59(53)61)62-56-36-18-16-32-52(56)54-34-20-38-58(60(54)62)63(46-23-7-2-8-24-46,47-25-9-3-10-26-47)48-27-11-4-12-28-48/h1-42H. The molecule has 0 atom stereocenters. The topological polar surface area (TPSA) is 9.86 Å². The van der Waals surface area contributed by atoms with Gasteiger partial charge in [0.1, 0.15) is 0 Å². The lowest BCUT2D eigenvalue weighted by molar-refractivity contribution is 1.13. The van der Waals surface area contributed by atoms with E-state index in [0.29, 0.717) is 0 Å². The van der Waals surface area contributed by atoms with Crippen molar-refractivity contribution in [1.29, 1.82) is 0 Å². The van der Waals surface area contributed by atoms with Crippen LogP contribution in [0.15, 0.2) is 255 Å². The van der Waals surface area contributed by atoms with Gasteiger partial charge < -0.3 is 9.13 Å². The number of hydrogen-bond donors (Lipinski definition) is 0. The molecule has 0 fully saturated rings. The maximum Gasteiger partial charge on any atom is 0.181 e. The zero-order valence-electron chi connectivity index (χ0n) is 34.6. The van der Waals surface area contributed by atoms with Crippen molar-refractivity contribution in [2.24, 2.45) is 0 Å². The van der Waals surface area contributed by atoms with Crippen molar-refractivity contribution in [3.8, 4) is 33.6 Å². The molecule has 2 nitrogen and oxygen atoms in total. The summed E-state index contributed by atoms with van der Waals surface area (Å²) in [4.78, 5) is 0. The number of aromatic nitrogens is 2. The van der Waals surface area contributed by atoms with E-state index in [9.17, 15) is 0 Å². The molecule has 296 valence electrons. The predicted molar refractivity (Wildman–Crippen MR) is 270 cm³/mol. The molecule has 0 saturated heterocycles. The maximum absolute atomic E-state index is 2.96. The van der Waals surface area contributed by atoms with Crippen LogP contribution >= 0.6 is 0 Å². The highest BCUT2D eigenvalue weighted by molar-refractivity contribution is 7.20. The Bertz CT molecular complexity index is 3490. The second-order valence-corrected chi connectivity index (χ2v) is 20.2. The molecule has 0 N–H and O–H groups in total. The van der Waals surface area contributed by atoms with Crippen LogP contribution in [-0.4, -0.2) is 17.2 Å². The van der Waals surface area contributed by atoms with Gasteiger partial charge in [-0.15, -0.1) is 0 Å². The van der Waals surface area contributed by atoms with Gasteiger partial charge in [-0.2, -0.15) is 0 Å². The molecule has 63 heavy (non-hydrogen) atoms. The Morgan fingerprint density at radius 1 is 0.270 bits per heavy atom. The Balaban J connectivity index is 1.17. The largest absolute Gasteiger partial charge is 0.307 e. The summed E-state index contributed by atoms with van der Waals surface area (Å²) in [5.74, 6) is 0. The summed E-state index contributed by atoms with van der Waals surface area (Å²) in [6, 6.07) is 94.3. The lowest BCUT2D eigenvalue weighted by atomic mass is 9.94. The summed E-state index contributed by atoms with van der Waals surface area (Å²) in [6.07, 6.45) is 0. The van der Waals surface area contributed by atoms with E-state index in [2.05, 4.69) is 264 Å². The Morgan fingerprint density at radius 3 is 1.24 bits per heavy atom. The number of para-hydroxylation sites is 4. The quantitative estimate of drug-likeness (QED) is 0.107. The fraction of sp³-hybridized carbons (Fsp3) is 0. The molecule has 0 unspecified atom stereocenters. The van der Waals surface area contributed by atoms with Crippen molar-refractivity contribution in [2.75, 3.05) is 0 Å². The van der Waals surface area contributed by atoms with Gasteiger partial charge in [0.2, 0.25) is 0 Å². The van der Waals surface area contributed by atoms with Gasteiger partial charge in [0.25, 0.3) is 0 Å². The van der Waals surface area contributed by atoms with Gasteiger partial charge >= 0.3 is 0 Å². The van der Waals surface area contributed by atoms with Crippen molar-refractivity contribution in [1.82, 2.24) is 9.13 Å². The summed E-state index contributed by atoms with van der Waals surface area (Å²) in [6.45, 7) is 0. The number of fused-ring (bicyclic) bond motifs is 6. The molecule has 10 aromatic carbocycles. The Morgan fingerprint density at radius 2 is 0.683 bits per heavy atom. The predicted octanol–water partition coefficient (Wildman–Crippen LogP) is 12.6. The molecule has 12 rings (SSSR count). The molecule has 0 aliphatic carbocycles. The van der Waals surface area contributed by atoms with Crippen molar-refractivity contribution in [2.45, 2.75) is 0 Å². The van der Waals surface area contributed by atoms with Crippen LogP contribution in [0.4, 0.5) is 0 Å². The van der Waals surface area contributed by atoms with Gasteiger partial charge in [0.05, 0.1) is 27.8 Å². The average Bonchev–Trinajstić information content (AvgIpc) is 3.89. The average molecular weight is 819 g/mol. The van der Waals surface area contributed by atoms with Crippen LogP contribution in [0.5, 0.6) is 0 Å². The summed E-state index contributed by atoms with van der Waals surface area (Å²) in [5.41, 5.74) is 11.9. The first-order valence-corrected chi connectivity index (χ1v) is 23.8. The Hall–Kier alpha value is -7.98. The first-order valence-electron chi connectivity index (χ1n) is 21.8. The minimum atomic E-state index is -2.96. The second-order valence-electron chi connectivity index (χ2n) is 16.4. The molecule has 0 bridgehead atoms. The second kappa shape index (κ2) is 15.2. The van der Waals surface area contributed by atoms with Crippen LogP contribution in [0.25, 0.3) is 77.2 Å². The molecule has 3 heteroatoms. The highest BCUT2D eigenvalue weighted by Crippen LogP contribution is 2.40. The third kappa shape index (κ3) is 5.78. The van der Waals surface area contributed by atoms with E-state index in [0.717, 1.165) is 11.4 Å². The SMILES string of the molecule is c1ccc(-c2ccccc2-c2ccc(-n3c4ccccc4c4cccc(-n5c6ccccc6c6cccc([Si](c7ccccc7)(c7ccccc7)c7ccccc7)c65)c43)cc2)cc1. The summed E-state index contributed by atoms with van der Waals surface area (Å²) < 4.78 is 5.09. The summed E-state index contributed by atoms with van der Waals surface area (Å²) in [5, 5.41) is 10.4. The van der Waals surface area contributed by atoms with Crippen molar-refractivity contribution >= 4 is 72.4 Å². The van der Waals surface area contributed by atoms with Crippen molar-refractivity contribution in [3.63, 3.8) is 0 Å². The van der Waals surface area contributed by atoms with Crippen LogP contribution in [0, 0.1) is 0 Å². The molecule has 0 saturated carbocycles. The molecule has 0 aliphatic rings. The normalized spacial score (nSPS) is 11.8. The summed E-state index contributed by atoms with van der Waals surface area (Å²) in [7, 11) is -2.96. The number of nitrogens with zero attached hydrogens (tertiary/aromatic N) is 2. The molecular formula is C60H42N2Si. The van der Waals surface area contributed by atoms with Crippen LogP contribution < -0.4 is 20.7 Å². The number of hydrogen-bond acceptors (Lipinski definition) is 0. The lowest BCUT2D eigenvalue weighted by Gasteiger charge is -2.35. The van der Waals surface area contributed by atoms with E-state index in [4.69, 9.17) is 0 Å². The zero-order chi connectivity index (χ0) is 41.7. The van der Waals surface area contributed by atoms with Gasteiger partial charge in [0, 0.05) is 27.2 Å². The fourth-order valence-electron chi connectivity index (χ4n) is 10.4. The van der Waals surface area contributed by atoms with E-state index in [1.807, 2.05) is 0 Å². The Kier molecular flexibility index (Phi) is 8.87. The van der Waals surface area contributed by atoms with E-state index in [1.54, 1.807) is 0 Å². The van der Waals surface area contributed by atoms with Gasteiger partial charge in [-0.1, -0.05) is 224 Å². The van der Waals surface area contributed by atoms with Gasteiger partial charge in [-0.05, 0) is 73.3 Å². The highest BCUT2D eigenvalue weighted by Gasteiger charge is 2.43. The minimum absolute atomic E-state index is 1.12. The minimum Gasteiger partial charge on any atom is -0.307 e. The molecule has 0 aliphatic heterocycles. The number of benzene rings is 10. The van der Waals surface area contributed by atoms with Crippen LogP contribution in [0.1, 0.15) is 0 Å². The fourth-order valence-corrected chi connectivity index (χ4v) is 15.4. The number of rotatable bonds is 8. The maximum atomic E-state index is 2.60. The third-order valence-corrected chi connectivity index (χ3v) is 17.9. The van der Waals surface area contributed by atoms with Crippen LogP contribution in [0.2, 0.25) is 0 Å². The smallest absolute Gasteiger partial charge is 0.181 e. The van der Waals surface area contributed by atoms with E-state index in [1.165, 1.54) is 86.6 Å². The van der Waals surface area contributed by atoms with E-state index in [-0.39, 0.29) is 0 Å². The monoisotopic (exact) mass is 818 g/mol. The van der Waals surface area contributed by atoms with E-state index < -0.39 is 8.07 Å². The molecule has 0 spiro atoms. The molecular weight excluding hydrogens is 777 g/mol. The van der Waals surface area contributed by atoms with Gasteiger partial charge in [-0.3, -0.25) is 0 Å². The van der Waals surface area contributed by atoms with Gasteiger partial charge in [-0.25, -0.2) is 0 Å². The van der Waals surface area contributed by atoms with Gasteiger partial charge in [0.15, 0.2) is 8.07 Å². The van der Waals surface area contributed by atoms with Crippen LogP contribution in [0.3, 0.4) is 0 Å². The third-order valence-electron chi connectivity index (χ3n) is 13.1. The molecule has 0 amide bonds. The lowest BCUT2D eigenvalue weighted by Crippen LogP contribution is -2.75. The summed E-state index contributed by atoms with van der Waals surface area (Å²) >= 11 is 0. The zero-order valence-corrected chi connectivity index (χ0v) is 35.6. The van der Waals surface area contributed by atoms with Crippen molar-refractivity contribution in [3.05, 3.63) is 255 Å². The highest BCUT2D eigenvalue weighted by atomic mass is 28.3. The molecule has 12 aromatic rings. The first kappa shape index (κ1) is 36.8. The molecule has 0 radical (unpaired) electrons.